The molecule has 1 fully saturated rings. The highest BCUT2D eigenvalue weighted by atomic mass is 16.5. The highest BCUT2D eigenvalue weighted by Gasteiger charge is 2.29. The van der Waals surface area contributed by atoms with E-state index in [0.29, 0.717) is 12.1 Å². The second kappa shape index (κ2) is 5.77. The van der Waals surface area contributed by atoms with Crippen molar-refractivity contribution in [1.29, 1.82) is 0 Å². The van der Waals surface area contributed by atoms with Gasteiger partial charge in [-0.05, 0) is 67.2 Å². The summed E-state index contributed by atoms with van der Waals surface area (Å²) < 4.78 is 5.38. The van der Waals surface area contributed by atoms with Gasteiger partial charge in [0.25, 0.3) is 0 Å². The minimum atomic E-state index is 0.533. The van der Waals surface area contributed by atoms with Gasteiger partial charge in [-0.1, -0.05) is 19.9 Å². The topological polar surface area (TPSA) is 21.3 Å². The van der Waals surface area contributed by atoms with Crippen LogP contribution in [0.4, 0.5) is 0 Å². The van der Waals surface area contributed by atoms with Gasteiger partial charge in [0.2, 0.25) is 0 Å². The number of methoxy groups -OCH3 is 1. The molecule has 4 atom stereocenters. The van der Waals surface area contributed by atoms with E-state index in [1.54, 1.807) is 7.11 Å². The third-order valence-corrected chi connectivity index (χ3v) is 5.47. The Morgan fingerprint density at radius 2 is 1.95 bits per heavy atom. The van der Waals surface area contributed by atoms with E-state index >= 15 is 0 Å². The molecular weight excluding hydrogens is 246 g/mol. The summed E-state index contributed by atoms with van der Waals surface area (Å²) in [4.78, 5) is 0. The molecule has 0 spiro atoms. The molecule has 2 aliphatic carbocycles. The monoisotopic (exact) mass is 273 g/mol. The summed E-state index contributed by atoms with van der Waals surface area (Å²) in [5.41, 5.74) is 2.97. The summed E-state index contributed by atoms with van der Waals surface area (Å²) >= 11 is 0. The predicted octanol–water partition coefficient (Wildman–Crippen LogP) is 4.10. The highest BCUT2D eigenvalue weighted by Crippen LogP contribution is 2.36. The Labute approximate surface area is 122 Å². The Morgan fingerprint density at radius 1 is 1.10 bits per heavy atom. The van der Waals surface area contributed by atoms with Crippen LogP contribution in [0.2, 0.25) is 0 Å². The molecule has 0 aliphatic heterocycles. The Bertz CT molecular complexity index is 470. The maximum absolute atomic E-state index is 5.38. The molecule has 1 saturated carbocycles. The van der Waals surface area contributed by atoms with Gasteiger partial charge in [0.05, 0.1) is 7.11 Å². The normalized spacial score (nSPS) is 33.0. The van der Waals surface area contributed by atoms with Crippen LogP contribution in [0.1, 0.15) is 56.7 Å². The maximum Gasteiger partial charge on any atom is 0.119 e. The Balaban J connectivity index is 1.69. The highest BCUT2D eigenvalue weighted by molar-refractivity contribution is 5.40. The van der Waals surface area contributed by atoms with E-state index in [1.165, 1.54) is 43.2 Å². The van der Waals surface area contributed by atoms with E-state index in [0.717, 1.165) is 17.6 Å². The minimum Gasteiger partial charge on any atom is -0.497 e. The second-order valence-corrected chi connectivity index (χ2v) is 6.79. The number of rotatable bonds is 3. The zero-order valence-corrected chi connectivity index (χ0v) is 13.0. The molecular formula is C18H27NO. The van der Waals surface area contributed by atoms with Crippen molar-refractivity contribution in [2.45, 2.75) is 58.0 Å². The molecule has 3 rings (SSSR count). The first-order chi connectivity index (χ1) is 9.67. The van der Waals surface area contributed by atoms with Gasteiger partial charge < -0.3 is 10.1 Å². The van der Waals surface area contributed by atoms with E-state index < -0.39 is 0 Å². The SMILES string of the molecule is COc1ccc2c(c1)C(NC1CCC(C)C(C)C1)CC2. The fourth-order valence-electron chi connectivity index (χ4n) is 3.86. The van der Waals surface area contributed by atoms with Crippen LogP contribution >= 0.6 is 0 Å². The smallest absolute Gasteiger partial charge is 0.119 e. The number of ether oxygens (including phenoxy) is 1. The fourth-order valence-corrected chi connectivity index (χ4v) is 3.86. The van der Waals surface area contributed by atoms with Crippen LogP contribution in [0, 0.1) is 11.8 Å². The predicted molar refractivity (Wildman–Crippen MR) is 83.2 cm³/mol. The molecule has 2 nitrogen and oxygen atoms in total. The van der Waals surface area contributed by atoms with E-state index in [2.05, 4.69) is 37.4 Å². The van der Waals surface area contributed by atoms with Crippen LogP contribution in [0.5, 0.6) is 5.75 Å². The molecule has 0 heterocycles. The lowest BCUT2D eigenvalue weighted by molar-refractivity contribution is 0.215. The van der Waals surface area contributed by atoms with E-state index in [-0.39, 0.29) is 0 Å². The van der Waals surface area contributed by atoms with Crippen molar-refractivity contribution >= 4 is 0 Å². The molecule has 0 radical (unpaired) electrons. The molecule has 0 bridgehead atoms. The number of hydrogen-bond acceptors (Lipinski definition) is 2. The molecule has 1 N–H and O–H groups in total. The largest absolute Gasteiger partial charge is 0.497 e. The molecule has 4 unspecified atom stereocenters. The third-order valence-electron chi connectivity index (χ3n) is 5.47. The van der Waals surface area contributed by atoms with Crippen LogP contribution in [0.15, 0.2) is 18.2 Å². The summed E-state index contributed by atoms with van der Waals surface area (Å²) in [5.74, 6) is 2.74. The number of benzene rings is 1. The number of fused-ring (bicyclic) bond motifs is 1. The van der Waals surface area contributed by atoms with Crippen molar-refractivity contribution in [2.75, 3.05) is 7.11 Å². The first-order valence-corrected chi connectivity index (χ1v) is 8.10. The maximum atomic E-state index is 5.38. The lowest BCUT2D eigenvalue weighted by atomic mass is 9.79. The molecule has 0 amide bonds. The van der Waals surface area contributed by atoms with Crippen molar-refractivity contribution in [3.8, 4) is 5.75 Å². The molecule has 2 aliphatic rings. The second-order valence-electron chi connectivity index (χ2n) is 6.79. The first kappa shape index (κ1) is 13.9. The van der Waals surface area contributed by atoms with Gasteiger partial charge >= 0.3 is 0 Å². The van der Waals surface area contributed by atoms with Gasteiger partial charge in [0.1, 0.15) is 5.75 Å². The van der Waals surface area contributed by atoms with Crippen LogP contribution in [-0.2, 0) is 6.42 Å². The molecule has 0 aromatic heterocycles. The van der Waals surface area contributed by atoms with Gasteiger partial charge in [-0.15, -0.1) is 0 Å². The third kappa shape index (κ3) is 2.71. The van der Waals surface area contributed by atoms with Crippen LogP contribution in [0.25, 0.3) is 0 Å². The minimum absolute atomic E-state index is 0.533. The quantitative estimate of drug-likeness (QED) is 0.895. The zero-order valence-electron chi connectivity index (χ0n) is 13.0. The molecule has 1 aromatic carbocycles. The molecule has 20 heavy (non-hydrogen) atoms. The van der Waals surface area contributed by atoms with Crippen LogP contribution < -0.4 is 10.1 Å². The van der Waals surface area contributed by atoms with Crippen molar-refractivity contribution in [3.05, 3.63) is 29.3 Å². The van der Waals surface area contributed by atoms with Crippen molar-refractivity contribution in [3.63, 3.8) is 0 Å². The molecule has 1 aromatic rings. The van der Waals surface area contributed by atoms with Gasteiger partial charge in [0.15, 0.2) is 0 Å². The average Bonchev–Trinajstić information content (AvgIpc) is 2.85. The summed E-state index contributed by atoms with van der Waals surface area (Å²) in [7, 11) is 1.75. The Morgan fingerprint density at radius 3 is 2.70 bits per heavy atom. The van der Waals surface area contributed by atoms with Gasteiger partial charge in [-0.25, -0.2) is 0 Å². The van der Waals surface area contributed by atoms with E-state index in [9.17, 15) is 0 Å². The number of nitrogens with one attached hydrogen (secondary N) is 1. The first-order valence-electron chi connectivity index (χ1n) is 8.10. The summed E-state index contributed by atoms with van der Waals surface area (Å²) in [5, 5.41) is 3.92. The number of aryl methyl sites for hydroxylation is 1. The molecule has 110 valence electrons. The van der Waals surface area contributed by atoms with E-state index in [1.807, 2.05) is 0 Å². The fraction of sp³-hybridized carbons (Fsp3) is 0.667. The van der Waals surface area contributed by atoms with Gasteiger partial charge in [0, 0.05) is 12.1 Å². The molecule has 0 saturated heterocycles. The van der Waals surface area contributed by atoms with Gasteiger partial charge in [-0.2, -0.15) is 0 Å². The van der Waals surface area contributed by atoms with Crippen LogP contribution in [-0.4, -0.2) is 13.2 Å². The summed E-state index contributed by atoms with van der Waals surface area (Å²) in [6, 6.07) is 7.79. The van der Waals surface area contributed by atoms with E-state index in [4.69, 9.17) is 4.74 Å². The lowest BCUT2D eigenvalue weighted by Crippen LogP contribution is -2.37. The number of hydrogen-bond donors (Lipinski definition) is 1. The average molecular weight is 273 g/mol. The summed E-state index contributed by atoms with van der Waals surface area (Å²) in [6.45, 7) is 4.81. The van der Waals surface area contributed by atoms with Crippen molar-refractivity contribution in [2.24, 2.45) is 11.8 Å². The molecule has 2 heteroatoms. The van der Waals surface area contributed by atoms with Crippen molar-refractivity contribution < 1.29 is 4.74 Å². The lowest BCUT2D eigenvalue weighted by Gasteiger charge is -2.34. The van der Waals surface area contributed by atoms with Crippen LogP contribution in [0.3, 0.4) is 0 Å². The summed E-state index contributed by atoms with van der Waals surface area (Å²) in [6.07, 6.45) is 6.48. The Kier molecular flexibility index (Phi) is 4.02. The Hall–Kier alpha value is -1.02. The zero-order chi connectivity index (χ0) is 14.1. The van der Waals surface area contributed by atoms with Gasteiger partial charge in [-0.3, -0.25) is 0 Å². The standard InChI is InChI=1S/C18H27NO/c1-12-4-7-15(10-13(12)2)19-18-9-6-14-5-8-16(20-3)11-17(14)18/h5,8,11-13,15,18-19H,4,6-7,9-10H2,1-3H3. The van der Waals surface area contributed by atoms with Crippen molar-refractivity contribution in [1.82, 2.24) is 5.32 Å².